The minimum Gasteiger partial charge on any atom is -0.475 e. The average Bonchev–Trinajstić information content (AvgIpc) is 3.20. The third-order valence-corrected chi connectivity index (χ3v) is 5.16. The standard InChI is InChI=1S/C18H25F3N2O4S/c1-11(13-5-6-14(28-13)26-10-18(19,20)21)22-15(24)12-7-8-23(9-12)16(25)27-17(2,3)4/h5-6,11-12H,7-10H2,1-4H3,(H,22,24)/t11-,12+/m1/s1. The third kappa shape index (κ3) is 6.88. The number of likely N-dealkylation sites (tertiary alicyclic amines) is 1. The van der Waals surface area contributed by atoms with Crippen LogP contribution < -0.4 is 10.1 Å². The van der Waals surface area contributed by atoms with Gasteiger partial charge in [-0.25, -0.2) is 4.79 Å². The highest BCUT2D eigenvalue weighted by atomic mass is 32.1. The number of nitrogens with zero attached hydrogens (tertiary/aromatic N) is 1. The van der Waals surface area contributed by atoms with Gasteiger partial charge in [0.1, 0.15) is 5.60 Å². The lowest BCUT2D eigenvalue weighted by atomic mass is 10.1. The van der Waals surface area contributed by atoms with Crippen molar-refractivity contribution in [2.45, 2.75) is 51.9 Å². The molecule has 0 bridgehead atoms. The normalized spacial score (nSPS) is 18.7. The quantitative estimate of drug-likeness (QED) is 0.775. The molecule has 6 nitrogen and oxygen atoms in total. The Morgan fingerprint density at radius 1 is 1.32 bits per heavy atom. The van der Waals surface area contributed by atoms with E-state index in [-0.39, 0.29) is 29.5 Å². The molecule has 10 heteroatoms. The van der Waals surface area contributed by atoms with E-state index in [1.54, 1.807) is 33.8 Å². The number of ether oxygens (including phenoxy) is 2. The number of hydrogen-bond donors (Lipinski definition) is 1. The minimum atomic E-state index is -4.40. The largest absolute Gasteiger partial charge is 0.475 e. The highest BCUT2D eigenvalue weighted by molar-refractivity contribution is 7.13. The maximum Gasteiger partial charge on any atom is 0.422 e. The van der Waals surface area contributed by atoms with Crippen molar-refractivity contribution in [3.05, 3.63) is 17.0 Å². The molecule has 2 amide bonds. The zero-order valence-electron chi connectivity index (χ0n) is 16.3. The van der Waals surface area contributed by atoms with E-state index in [1.807, 2.05) is 0 Å². The molecule has 2 rings (SSSR count). The molecule has 0 aliphatic carbocycles. The van der Waals surface area contributed by atoms with Gasteiger partial charge in [-0.05, 0) is 46.2 Å². The molecule has 158 valence electrons. The second kappa shape index (κ2) is 8.59. The van der Waals surface area contributed by atoms with E-state index >= 15 is 0 Å². The van der Waals surface area contributed by atoms with Gasteiger partial charge in [-0.1, -0.05) is 0 Å². The van der Waals surface area contributed by atoms with Crippen LogP contribution in [0.5, 0.6) is 5.06 Å². The predicted molar refractivity (Wildman–Crippen MR) is 98.3 cm³/mol. The number of halogens is 3. The van der Waals surface area contributed by atoms with E-state index in [2.05, 4.69) is 5.32 Å². The first-order chi connectivity index (χ1) is 12.8. The van der Waals surface area contributed by atoms with Gasteiger partial charge >= 0.3 is 12.3 Å². The summed E-state index contributed by atoms with van der Waals surface area (Å²) >= 11 is 1.06. The Balaban J connectivity index is 1.84. The molecule has 1 fully saturated rings. The summed E-state index contributed by atoms with van der Waals surface area (Å²) in [4.78, 5) is 26.8. The molecular formula is C18H25F3N2O4S. The number of nitrogens with one attached hydrogen (secondary N) is 1. The first kappa shape index (κ1) is 22.3. The van der Waals surface area contributed by atoms with Gasteiger partial charge in [-0.2, -0.15) is 13.2 Å². The molecule has 1 N–H and O–H groups in total. The van der Waals surface area contributed by atoms with Crippen molar-refractivity contribution >= 4 is 23.3 Å². The van der Waals surface area contributed by atoms with Crippen LogP contribution in [0.2, 0.25) is 0 Å². The summed E-state index contributed by atoms with van der Waals surface area (Å²) in [5.74, 6) is -0.555. The number of carbonyl (C=O) groups is 2. The van der Waals surface area contributed by atoms with Gasteiger partial charge in [0, 0.05) is 18.0 Å². The van der Waals surface area contributed by atoms with E-state index in [0.29, 0.717) is 17.8 Å². The molecular weight excluding hydrogens is 397 g/mol. The summed E-state index contributed by atoms with van der Waals surface area (Å²) in [6, 6.07) is 2.70. The van der Waals surface area contributed by atoms with Gasteiger partial charge in [0.15, 0.2) is 11.7 Å². The molecule has 2 atom stereocenters. The fourth-order valence-corrected chi connectivity index (χ4v) is 3.52. The summed E-state index contributed by atoms with van der Waals surface area (Å²) in [6.07, 6.45) is -4.31. The first-order valence-electron chi connectivity index (χ1n) is 8.91. The summed E-state index contributed by atoms with van der Waals surface area (Å²) in [5, 5.41) is 2.99. The van der Waals surface area contributed by atoms with Crippen molar-refractivity contribution in [3.63, 3.8) is 0 Å². The fourth-order valence-electron chi connectivity index (χ4n) is 2.67. The van der Waals surface area contributed by atoms with Crippen LogP contribution in [0.1, 0.15) is 45.0 Å². The molecule has 0 spiro atoms. The predicted octanol–water partition coefficient (Wildman–Crippen LogP) is 4.12. The molecule has 1 aliphatic rings. The monoisotopic (exact) mass is 422 g/mol. The lowest BCUT2D eigenvalue weighted by molar-refractivity contribution is -0.152. The average molecular weight is 422 g/mol. The molecule has 0 radical (unpaired) electrons. The summed E-state index contributed by atoms with van der Waals surface area (Å²) in [7, 11) is 0. The number of hydrogen-bond acceptors (Lipinski definition) is 5. The molecule has 0 saturated carbocycles. The van der Waals surface area contributed by atoms with Crippen LogP contribution in [0.4, 0.5) is 18.0 Å². The van der Waals surface area contributed by atoms with Crippen molar-refractivity contribution in [1.82, 2.24) is 10.2 Å². The highest BCUT2D eigenvalue weighted by Gasteiger charge is 2.34. The van der Waals surface area contributed by atoms with Crippen molar-refractivity contribution in [2.24, 2.45) is 5.92 Å². The number of thiophene rings is 1. The van der Waals surface area contributed by atoms with Gasteiger partial charge in [-0.15, -0.1) is 11.3 Å². The van der Waals surface area contributed by atoms with Crippen molar-refractivity contribution in [1.29, 1.82) is 0 Å². The van der Waals surface area contributed by atoms with E-state index in [0.717, 1.165) is 11.3 Å². The second-order valence-electron chi connectivity index (χ2n) is 7.70. The van der Waals surface area contributed by atoms with E-state index in [4.69, 9.17) is 9.47 Å². The first-order valence-corrected chi connectivity index (χ1v) is 9.73. The minimum absolute atomic E-state index is 0.144. The van der Waals surface area contributed by atoms with Gasteiger partial charge in [0.2, 0.25) is 5.91 Å². The molecule has 28 heavy (non-hydrogen) atoms. The molecule has 0 unspecified atom stereocenters. The van der Waals surface area contributed by atoms with Crippen LogP contribution in [0.15, 0.2) is 12.1 Å². The fraction of sp³-hybridized carbons (Fsp3) is 0.667. The molecule has 1 aromatic rings. The SMILES string of the molecule is C[C@@H](NC(=O)[C@H]1CCN(C(=O)OC(C)(C)C)C1)c1ccc(OCC(F)(F)F)s1. The summed E-state index contributed by atoms with van der Waals surface area (Å²) < 4.78 is 46.7. The Labute approximate surface area is 166 Å². The van der Waals surface area contributed by atoms with Gasteiger partial charge in [-0.3, -0.25) is 4.79 Å². The van der Waals surface area contributed by atoms with Crippen molar-refractivity contribution in [3.8, 4) is 5.06 Å². The van der Waals surface area contributed by atoms with Crippen molar-refractivity contribution < 1.29 is 32.2 Å². The maximum absolute atomic E-state index is 12.5. The Kier molecular flexibility index (Phi) is 6.84. The zero-order valence-corrected chi connectivity index (χ0v) is 17.1. The van der Waals surface area contributed by atoms with Crippen LogP contribution in [0.3, 0.4) is 0 Å². The van der Waals surface area contributed by atoms with E-state index in [1.165, 1.54) is 11.0 Å². The van der Waals surface area contributed by atoms with Crippen LogP contribution >= 0.6 is 11.3 Å². The molecule has 1 saturated heterocycles. The summed E-state index contributed by atoms with van der Waals surface area (Å²) in [5.41, 5.74) is -0.600. The van der Waals surface area contributed by atoms with Gasteiger partial charge < -0.3 is 19.7 Å². The molecule has 1 aromatic heterocycles. The zero-order chi connectivity index (χ0) is 21.1. The molecule has 1 aliphatic heterocycles. The van der Waals surface area contributed by atoms with Crippen LogP contribution in [-0.4, -0.2) is 48.4 Å². The van der Waals surface area contributed by atoms with Gasteiger partial charge in [0.05, 0.1) is 12.0 Å². The number of amides is 2. The summed E-state index contributed by atoms with van der Waals surface area (Å²) in [6.45, 7) is 6.45. The Hall–Kier alpha value is -1.97. The molecule has 0 aromatic carbocycles. The second-order valence-corrected chi connectivity index (χ2v) is 8.78. The van der Waals surface area contributed by atoms with E-state index in [9.17, 15) is 22.8 Å². The van der Waals surface area contributed by atoms with Gasteiger partial charge in [0.25, 0.3) is 0 Å². The number of alkyl halides is 3. The lowest BCUT2D eigenvalue weighted by Crippen LogP contribution is -2.38. The number of carbonyl (C=O) groups excluding carboxylic acids is 2. The lowest BCUT2D eigenvalue weighted by Gasteiger charge is -2.24. The van der Waals surface area contributed by atoms with Crippen LogP contribution in [-0.2, 0) is 9.53 Å². The smallest absolute Gasteiger partial charge is 0.422 e. The Morgan fingerprint density at radius 2 is 2.00 bits per heavy atom. The topological polar surface area (TPSA) is 67.9 Å². The maximum atomic E-state index is 12.5. The van der Waals surface area contributed by atoms with Crippen molar-refractivity contribution in [2.75, 3.05) is 19.7 Å². The molecule has 2 heterocycles. The van der Waals surface area contributed by atoms with Crippen LogP contribution in [0, 0.1) is 5.92 Å². The Bertz CT molecular complexity index is 700. The number of rotatable bonds is 5. The van der Waals surface area contributed by atoms with Crippen LogP contribution in [0.25, 0.3) is 0 Å². The Morgan fingerprint density at radius 3 is 2.61 bits per heavy atom. The van der Waals surface area contributed by atoms with E-state index < -0.39 is 24.5 Å². The highest BCUT2D eigenvalue weighted by Crippen LogP contribution is 2.31. The third-order valence-electron chi connectivity index (χ3n) is 3.98.